The van der Waals surface area contributed by atoms with E-state index in [9.17, 15) is 0 Å². The lowest BCUT2D eigenvalue weighted by atomic mass is 9.83. The number of hydrogen-bond acceptors (Lipinski definition) is 2. The Kier molecular flexibility index (Phi) is 6.62. The lowest BCUT2D eigenvalue weighted by molar-refractivity contribution is 0.160. The summed E-state index contributed by atoms with van der Waals surface area (Å²) >= 11 is 0. The molecule has 2 saturated carbocycles. The Morgan fingerprint density at radius 1 is 0.773 bits per heavy atom. The smallest absolute Gasteiger partial charge is 0.00952 e. The largest absolute Gasteiger partial charge is 0.314 e. The molecule has 0 radical (unpaired) electrons. The number of nitrogens with zero attached hydrogens (tertiary/aromatic N) is 1. The Morgan fingerprint density at radius 2 is 1.55 bits per heavy atom. The van der Waals surface area contributed by atoms with Gasteiger partial charge in [0, 0.05) is 12.1 Å². The van der Waals surface area contributed by atoms with Gasteiger partial charge in [-0.15, -0.1) is 0 Å². The van der Waals surface area contributed by atoms with E-state index in [-0.39, 0.29) is 0 Å². The normalized spacial score (nSPS) is 36.1. The van der Waals surface area contributed by atoms with Gasteiger partial charge in [-0.2, -0.15) is 0 Å². The number of rotatable bonds is 4. The van der Waals surface area contributed by atoms with Gasteiger partial charge in [-0.05, 0) is 76.4 Å². The molecule has 1 N–H and O–H groups in total. The summed E-state index contributed by atoms with van der Waals surface area (Å²) in [5, 5.41) is 3.94. The number of likely N-dealkylation sites (tertiary alicyclic amines) is 1. The third-order valence-corrected chi connectivity index (χ3v) is 6.68. The first-order valence-corrected chi connectivity index (χ1v) is 10.3. The summed E-state index contributed by atoms with van der Waals surface area (Å²) in [4.78, 5) is 2.84. The maximum Gasteiger partial charge on any atom is 0.00952 e. The van der Waals surface area contributed by atoms with Gasteiger partial charge in [0.25, 0.3) is 0 Å². The molecule has 22 heavy (non-hydrogen) atoms. The van der Waals surface area contributed by atoms with Gasteiger partial charge in [-0.3, -0.25) is 0 Å². The zero-order valence-corrected chi connectivity index (χ0v) is 14.9. The van der Waals surface area contributed by atoms with Crippen LogP contribution in [0.1, 0.15) is 84.0 Å². The van der Waals surface area contributed by atoms with E-state index in [0.717, 1.165) is 23.9 Å². The van der Waals surface area contributed by atoms with Crippen LogP contribution in [0.5, 0.6) is 0 Å². The van der Waals surface area contributed by atoms with Gasteiger partial charge in [-0.1, -0.05) is 39.0 Å². The van der Waals surface area contributed by atoms with E-state index in [2.05, 4.69) is 17.1 Å². The van der Waals surface area contributed by atoms with Crippen molar-refractivity contribution in [1.82, 2.24) is 10.2 Å². The second-order valence-corrected chi connectivity index (χ2v) is 8.49. The van der Waals surface area contributed by atoms with Crippen LogP contribution in [0.2, 0.25) is 0 Å². The molecule has 0 aromatic heterocycles. The molecule has 1 heterocycles. The summed E-state index contributed by atoms with van der Waals surface area (Å²) in [5.41, 5.74) is 0. The molecule has 3 aliphatic rings. The van der Waals surface area contributed by atoms with Crippen LogP contribution in [-0.2, 0) is 0 Å². The molecule has 1 saturated heterocycles. The fourth-order valence-corrected chi connectivity index (χ4v) is 5.00. The van der Waals surface area contributed by atoms with E-state index in [0.29, 0.717) is 0 Å². The minimum absolute atomic E-state index is 0.799. The summed E-state index contributed by atoms with van der Waals surface area (Å²) in [5.74, 6) is 1.95. The predicted molar refractivity (Wildman–Crippen MR) is 95.2 cm³/mol. The third kappa shape index (κ3) is 4.96. The highest BCUT2D eigenvalue weighted by molar-refractivity contribution is 4.82. The molecule has 0 aromatic rings. The minimum Gasteiger partial charge on any atom is -0.314 e. The van der Waals surface area contributed by atoms with Gasteiger partial charge >= 0.3 is 0 Å². The second kappa shape index (κ2) is 8.68. The third-order valence-electron chi connectivity index (χ3n) is 6.68. The molecule has 0 bridgehead atoms. The van der Waals surface area contributed by atoms with Crippen molar-refractivity contribution in [3.8, 4) is 0 Å². The lowest BCUT2D eigenvalue weighted by Gasteiger charge is -2.33. The summed E-state index contributed by atoms with van der Waals surface area (Å²) in [6.45, 7) is 6.43. The first kappa shape index (κ1) is 16.8. The van der Waals surface area contributed by atoms with Crippen molar-refractivity contribution >= 4 is 0 Å². The average Bonchev–Trinajstić information content (AvgIpc) is 2.81. The van der Waals surface area contributed by atoms with Crippen LogP contribution in [0.3, 0.4) is 0 Å². The van der Waals surface area contributed by atoms with Gasteiger partial charge in [0.05, 0.1) is 0 Å². The van der Waals surface area contributed by atoms with Crippen molar-refractivity contribution in [2.45, 2.75) is 96.1 Å². The predicted octanol–water partition coefficient (Wildman–Crippen LogP) is 4.59. The minimum atomic E-state index is 0.799. The van der Waals surface area contributed by atoms with Crippen molar-refractivity contribution in [3.63, 3.8) is 0 Å². The van der Waals surface area contributed by atoms with Crippen LogP contribution in [0.15, 0.2) is 0 Å². The average molecular weight is 307 g/mol. The summed E-state index contributed by atoms with van der Waals surface area (Å²) in [7, 11) is 0. The Balaban J connectivity index is 1.37. The highest BCUT2D eigenvalue weighted by Gasteiger charge is 2.25. The van der Waals surface area contributed by atoms with E-state index in [1.54, 1.807) is 0 Å². The molecule has 2 heteroatoms. The van der Waals surface area contributed by atoms with E-state index >= 15 is 0 Å². The van der Waals surface area contributed by atoms with Gasteiger partial charge in [-0.25, -0.2) is 0 Å². The molecule has 3 fully saturated rings. The first-order chi connectivity index (χ1) is 10.8. The van der Waals surface area contributed by atoms with Crippen molar-refractivity contribution in [2.24, 2.45) is 11.8 Å². The SMILES string of the molecule is CC1CCC(CNC2CCCN(C3CCCCC3)CC2)CC1. The molecular formula is C20H38N2. The zero-order chi connectivity index (χ0) is 15.2. The molecule has 0 amide bonds. The maximum atomic E-state index is 3.94. The molecule has 2 nitrogen and oxygen atoms in total. The van der Waals surface area contributed by atoms with Crippen LogP contribution in [0.4, 0.5) is 0 Å². The summed E-state index contributed by atoms with van der Waals surface area (Å²) < 4.78 is 0. The highest BCUT2D eigenvalue weighted by atomic mass is 15.2. The molecule has 128 valence electrons. The van der Waals surface area contributed by atoms with E-state index in [4.69, 9.17) is 0 Å². The standard InChI is InChI=1S/C20H38N2/c1-17-9-11-18(12-10-17)16-21-19-6-5-14-22(15-13-19)20-7-3-2-4-8-20/h17-21H,2-16H2,1H3. The van der Waals surface area contributed by atoms with E-state index < -0.39 is 0 Å². The number of hydrogen-bond donors (Lipinski definition) is 1. The first-order valence-electron chi connectivity index (χ1n) is 10.3. The Morgan fingerprint density at radius 3 is 2.32 bits per heavy atom. The monoisotopic (exact) mass is 306 g/mol. The molecule has 1 unspecified atom stereocenters. The van der Waals surface area contributed by atoms with Crippen molar-refractivity contribution in [3.05, 3.63) is 0 Å². The maximum absolute atomic E-state index is 3.94. The lowest BCUT2D eigenvalue weighted by Crippen LogP contribution is -2.39. The highest BCUT2D eigenvalue weighted by Crippen LogP contribution is 2.28. The van der Waals surface area contributed by atoms with Crippen LogP contribution < -0.4 is 5.32 Å². The van der Waals surface area contributed by atoms with Crippen LogP contribution in [0, 0.1) is 11.8 Å². The molecule has 0 aromatic carbocycles. The number of nitrogens with one attached hydrogen (secondary N) is 1. The van der Waals surface area contributed by atoms with Crippen molar-refractivity contribution in [2.75, 3.05) is 19.6 Å². The Labute approximate surface area is 138 Å². The Bertz CT molecular complexity index is 303. The zero-order valence-electron chi connectivity index (χ0n) is 14.9. The molecule has 2 aliphatic carbocycles. The fourth-order valence-electron chi connectivity index (χ4n) is 5.00. The molecule has 0 spiro atoms. The Hall–Kier alpha value is -0.0800. The molecule has 1 aliphatic heterocycles. The van der Waals surface area contributed by atoms with Gasteiger partial charge in [0.15, 0.2) is 0 Å². The fraction of sp³-hybridized carbons (Fsp3) is 1.00. The van der Waals surface area contributed by atoms with Crippen molar-refractivity contribution in [1.29, 1.82) is 0 Å². The van der Waals surface area contributed by atoms with Gasteiger partial charge in [0.2, 0.25) is 0 Å². The van der Waals surface area contributed by atoms with Crippen LogP contribution in [-0.4, -0.2) is 36.6 Å². The summed E-state index contributed by atoms with van der Waals surface area (Å²) in [6, 6.07) is 1.72. The van der Waals surface area contributed by atoms with Crippen molar-refractivity contribution < 1.29 is 0 Å². The van der Waals surface area contributed by atoms with Crippen LogP contribution >= 0.6 is 0 Å². The molecule has 3 rings (SSSR count). The topological polar surface area (TPSA) is 15.3 Å². The second-order valence-electron chi connectivity index (χ2n) is 8.49. The van der Waals surface area contributed by atoms with Crippen LogP contribution in [0.25, 0.3) is 0 Å². The quantitative estimate of drug-likeness (QED) is 0.817. The van der Waals surface area contributed by atoms with Gasteiger partial charge in [0.1, 0.15) is 0 Å². The molecule has 1 atom stereocenters. The van der Waals surface area contributed by atoms with E-state index in [1.807, 2.05) is 0 Å². The van der Waals surface area contributed by atoms with Gasteiger partial charge < -0.3 is 10.2 Å². The summed E-state index contributed by atoms with van der Waals surface area (Å²) in [6.07, 6.45) is 17.4. The molecular weight excluding hydrogens is 268 g/mol. The van der Waals surface area contributed by atoms with E-state index in [1.165, 1.54) is 96.7 Å².